The number of carbonyl (C=O) groups is 1. The second-order valence-corrected chi connectivity index (χ2v) is 2.12. The van der Waals surface area contributed by atoms with Gasteiger partial charge < -0.3 is 4.74 Å². The maximum absolute atomic E-state index is 10.2. The van der Waals surface area contributed by atoms with Gasteiger partial charge in [0.25, 0.3) is 0 Å². The lowest BCUT2D eigenvalue weighted by Gasteiger charge is -1.97. The molecule has 0 aromatic heterocycles. The number of rotatable bonds is 3. The summed E-state index contributed by atoms with van der Waals surface area (Å²) in [5.74, 6) is 0.608. The molecule has 0 saturated carbocycles. The molecule has 0 radical (unpaired) electrons. The van der Waals surface area contributed by atoms with E-state index in [1.54, 1.807) is 24.3 Å². The molecule has 12 heavy (non-hydrogen) atoms. The minimum Gasteiger partial charge on any atom is -0.426 e. The maximum atomic E-state index is 10.2. The lowest BCUT2D eigenvalue weighted by atomic mass is 10.2. The molecule has 1 aromatic carbocycles. The van der Waals surface area contributed by atoms with Crippen LogP contribution in [0.15, 0.2) is 24.3 Å². The van der Waals surface area contributed by atoms with Crippen LogP contribution in [0.25, 0.3) is 4.85 Å². The Morgan fingerprint density at radius 2 is 2.08 bits per heavy atom. The number of aldehydes is 1. The number of ether oxygens (including phenoxy) is 1. The summed E-state index contributed by atoms with van der Waals surface area (Å²) in [6, 6.07) is 6.61. The third kappa shape index (κ3) is 2.10. The Kier molecular flexibility index (Phi) is 2.86. The van der Waals surface area contributed by atoms with Crippen LogP contribution in [0.5, 0.6) is 5.75 Å². The summed E-state index contributed by atoms with van der Waals surface area (Å²) in [6.45, 7) is 6.49. The Hall–Kier alpha value is -1.82. The van der Waals surface area contributed by atoms with Gasteiger partial charge in [-0.2, -0.15) is 0 Å². The van der Waals surface area contributed by atoms with Gasteiger partial charge in [-0.1, -0.05) is 0 Å². The van der Waals surface area contributed by atoms with Crippen molar-refractivity contribution in [1.82, 2.24) is 0 Å². The molecule has 0 bridgehead atoms. The van der Waals surface area contributed by atoms with Gasteiger partial charge in [-0.25, -0.2) is 6.57 Å². The molecule has 3 nitrogen and oxygen atoms in total. The Bertz CT molecular complexity index is 297. The van der Waals surface area contributed by atoms with E-state index >= 15 is 0 Å². The molecule has 0 aliphatic rings. The normalized spacial score (nSPS) is 8.58. The highest BCUT2D eigenvalue weighted by molar-refractivity contribution is 5.74. The predicted octanol–water partition coefficient (Wildman–Crippen LogP) is 1.75. The van der Waals surface area contributed by atoms with Crippen LogP contribution < -0.4 is 4.74 Å². The summed E-state index contributed by atoms with van der Waals surface area (Å²) in [5.41, 5.74) is 0.602. The monoisotopic (exact) mass is 161 g/mol. The van der Waals surface area contributed by atoms with Crippen LogP contribution in [0.3, 0.4) is 0 Å². The lowest BCUT2D eigenvalue weighted by Crippen LogP contribution is -1.90. The SMILES string of the molecule is [C-]#[N+]COc1ccc(C=O)cc1. The second-order valence-electron chi connectivity index (χ2n) is 2.12. The van der Waals surface area contributed by atoms with Crippen molar-refractivity contribution in [2.75, 3.05) is 6.73 Å². The first-order chi connectivity index (χ1) is 5.86. The third-order valence-corrected chi connectivity index (χ3v) is 1.31. The molecule has 1 aromatic rings. The van der Waals surface area contributed by atoms with Gasteiger partial charge in [0, 0.05) is 5.56 Å². The van der Waals surface area contributed by atoms with Crippen molar-refractivity contribution < 1.29 is 9.53 Å². The molecule has 3 heteroatoms. The topological polar surface area (TPSA) is 30.7 Å². The zero-order valence-corrected chi connectivity index (χ0v) is 6.36. The molecule has 0 N–H and O–H groups in total. The van der Waals surface area contributed by atoms with Crippen LogP contribution in [-0.4, -0.2) is 13.0 Å². The molecular weight excluding hydrogens is 154 g/mol. The van der Waals surface area contributed by atoms with E-state index < -0.39 is 0 Å². The summed E-state index contributed by atoms with van der Waals surface area (Å²) < 4.78 is 4.98. The van der Waals surface area contributed by atoms with Crippen LogP contribution in [0.2, 0.25) is 0 Å². The zero-order valence-electron chi connectivity index (χ0n) is 6.36. The number of hydrogen-bond acceptors (Lipinski definition) is 2. The fraction of sp³-hybridized carbons (Fsp3) is 0.111. The zero-order chi connectivity index (χ0) is 8.81. The highest BCUT2D eigenvalue weighted by atomic mass is 16.5. The number of benzene rings is 1. The standard InChI is InChI=1S/C9H7NO2/c1-10-7-12-9-4-2-8(6-11)3-5-9/h2-6H,7H2. The van der Waals surface area contributed by atoms with Gasteiger partial charge in [-0.05, 0) is 24.3 Å². The minimum atomic E-state index is 0.0143. The molecule has 60 valence electrons. The molecule has 0 spiro atoms. The molecule has 1 rings (SSSR count). The lowest BCUT2D eigenvalue weighted by molar-refractivity contribution is 0.112. The summed E-state index contributed by atoms with van der Waals surface area (Å²) in [7, 11) is 0. The molecule has 0 atom stereocenters. The van der Waals surface area contributed by atoms with Gasteiger partial charge in [0.1, 0.15) is 12.0 Å². The van der Waals surface area contributed by atoms with E-state index in [2.05, 4.69) is 4.85 Å². The Balaban J connectivity index is 2.66. The predicted molar refractivity (Wildman–Crippen MR) is 43.9 cm³/mol. The summed E-state index contributed by atoms with van der Waals surface area (Å²) >= 11 is 0. The van der Waals surface area contributed by atoms with Crippen molar-refractivity contribution in [3.05, 3.63) is 41.2 Å². The van der Waals surface area contributed by atoms with Crippen LogP contribution in [0, 0.1) is 6.57 Å². The van der Waals surface area contributed by atoms with Gasteiger partial charge in [-0.15, -0.1) is 0 Å². The average molecular weight is 161 g/mol. The fourth-order valence-corrected chi connectivity index (χ4v) is 0.749. The summed E-state index contributed by atoms with van der Waals surface area (Å²) in [5, 5.41) is 0. The quantitative estimate of drug-likeness (QED) is 0.499. The first-order valence-corrected chi connectivity index (χ1v) is 3.38. The Morgan fingerprint density at radius 1 is 1.42 bits per heavy atom. The fourth-order valence-electron chi connectivity index (χ4n) is 0.749. The number of nitrogens with zero attached hydrogens (tertiary/aromatic N) is 1. The molecule has 0 unspecified atom stereocenters. The van der Waals surface area contributed by atoms with Gasteiger partial charge >= 0.3 is 6.73 Å². The van der Waals surface area contributed by atoms with E-state index in [1.165, 1.54) is 0 Å². The molecule has 0 aliphatic heterocycles. The van der Waals surface area contributed by atoms with Gasteiger partial charge in [0.15, 0.2) is 0 Å². The highest BCUT2D eigenvalue weighted by Crippen LogP contribution is 2.10. The first-order valence-electron chi connectivity index (χ1n) is 3.38. The second kappa shape index (κ2) is 4.14. The number of hydrogen-bond donors (Lipinski definition) is 0. The minimum absolute atomic E-state index is 0.0143. The Labute approximate surface area is 70.4 Å². The van der Waals surface area contributed by atoms with Crippen molar-refractivity contribution in [3.8, 4) is 5.75 Å². The highest BCUT2D eigenvalue weighted by Gasteiger charge is 1.93. The van der Waals surface area contributed by atoms with Crippen molar-refractivity contribution in [3.63, 3.8) is 0 Å². The maximum Gasteiger partial charge on any atom is 0.357 e. The number of carbonyl (C=O) groups excluding carboxylic acids is 1. The smallest absolute Gasteiger partial charge is 0.357 e. The third-order valence-electron chi connectivity index (χ3n) is 1.31. The Morgan fingerprint density at radius 3 is 2.58 bits per heavy atom. The van der Waals surface area contributed by atoms with E-state index in [-0.39, 0.29) is 6.73 Å². The van der Waals surface area contributed by atoms with Crippen LogP contribution in [0.4, 0.5) is 0 Å². The van der Waals surface area contributed by atoms with E-state index in [9.17, 15) is 4.79 Å². The van der Waals surface area contributed by atoms with Crippen molar-refractivity contribution in [2.45, 2.75) is 0 Å². The van der Waals surface area contributed by atoms with Crippen LogP contribution in [-0.2, 0) is 0 Å². The average Bonchev–Trinajstić information content (AvgIpc) is 2.15. The molecular formula is C9H7NO2. The van der Waals surface area contributed by atoms with Crippen LogP contribution >= 0.6 is 0 Å². The van der Waals surface area contributed by atoms with Gasteiger partial charge in [0.05, 0.1) is 0 Å². The molecule has 0 amide bonds. The van der Waals surface area contributed by atoms with E-state index in [4.69, 9.17) is 11.3 Å². The van der Waals surface area contributed by atoms with E-state index in [1.807, 2.05) is 0 Å². The molecule has 0 fully saturated rings. The van der Waals surface area contributed by atoms with E-state index in [0.29, 0.717) is 11.3 Å². The van der Waals surface area contributed by atoms with Gasteiger partial charge in [-0.3, -0.25) is 9.64 Å². The summed E-state index contributed by atoms with van der Waals surface area (Å²) in [4.78, 5) is 13.3. The van der Waals surface area contributed by atoms with E-state index in [0.717, 1.165) is 6.29 Å². The van der Waals surface area contributed by atoms with Crippen molar-refractivity contribution >= 4 is 6.29 Å². The summed E-state index contributed by atoms with van der Waals surface area (Å²) in [6.07, 6.45) is 0.763. The van der Waals surface area contributed by atoms with Gasteiger partial charge in [0.2, 0.25) is 0 Å². The molecule has 0 heterocycles. The molecule has 0 saturated heterocycles. The van der Waals surface area contributed by atoms with Crippen LogP contribution in [0.1, 0.15) is 10.4 Å². The molecule has 0 aliphatic carbocycles. The first kappa shape index (κ1) is 8.28. The van der Waals surface area contributed by atoms with Crippen molar-refractivity contribution in [2.24, 2.45) is 0 Å². The van der Waals surface area contributed by atoms with Crippen molar-refractivity contribution in [1.29, 1.82) is 0 Å². The largest absolute Gasteiger partial charge is 0.426 e.